The quantitative estimate of drug-likeness (QED) is 0.704. The lowest BCUT2D eigenvalue weighted by Crippen LogP contribution is -1.84. The van der Waals surface area contributed by atoms with Gasteiger partial charge in [0.05, 0.1) is 11.9 Å². The fourth-order valence-corrected chi connectivity index (χ4v) is 3.30. The van der Waals surface area contributed by atoms with Crippen molar-refractivity contribution in [2.45, 2.75) is 10.1 Å². The summed E-state index contributed by atoms with van der Waals surface area (Å²) in [5.74, 6) is 2.01. The van der Waals surface area contributed by atoms with Gasteiger partial charge in [0.1, 0.15) is 0 Å². The first-order chi connectivity index (χ1) is 10.2. The van der Waals surface area contributed by atoms with Crippen LogP contribution < -0.4 is 5.32 Å². The molecule has 21 heavy (non-hydrogen) atoms. The minimum absolute atomic E-state index is 0.617. The molecule has 0 atom stereocenters. The van der Waals surface area contributed by atoms with E-state index in [9.17, 15) is 0 Å². The molecule has 0 saturated carbocycles. The lowest BCUT2D eigenvalue weighted by atomic mass is 10.2. The average molecular weight is 339 g/mol. The highest BCUT2D eigenvalue weighted by molar-refractivity contribution is 8.00. The molecule has 0 amide bonds. The van der Waals surface area contributed by atoms with Gasteiger partial charge in [-0.05, 0) is 24.3 Å². The molecule has 0 spiro atoms. The maximum absolute atomic E-state index is 5.87. The summed E-state index contributed by atoms with van der Waals surface area (Å²) in [6.45, 7) is 0. The molecule has 0 bridgehead atoms. The highest BCUT2D eigenvalue weighted by Gasteiger charge is 2.09. The average Bonchev–Trinajstić information content (AvgIpc) is 3.15. The van der Waals surface area contributed by atoms with E-state index in [0.717, 1.165) is 20.8 Å². The Labute approximate surface area is 134 Å². The summed E-state index contributed by atoms with van der Waals surface area (Å²) < 4.78 is 6.61. The van der Waals surface area contributed by atoms with E-state index in [4.69, 9.17) is 16.0 Å². The Bertz CT molecular complexity index is 726. The molecule has 0 aliphatic rings. The second-order valence-electron chi connectivity index (χ2n) is 4.04. The Balaban J connectivity index is 1.66. The van der Waals surface area contributed by atoms with E-state index in [2.05, 4.69) is 20.5 Å². The minimum Gasteiger partial charge on any atom is -0.440 e. The van der Waals surface area contributed by atoms with Crippen LogP contribution in [0.2, 0.25) is 5.02 Å². The van der Waals surface area contributed by atoms with E-state index in [1.807, 2.05) is 31.3 Å². The second-order valence-corrected chi connectivity index (χ2v) is 6.67. The van der Waals surface area contributed by atoms with Crippen LogP contribution in [0.25, 0.3) is 11.3 Å². The smallest absolute Gasteiger partial charge is 0.206 e. The number of nitrogens with one attached hydrogen (secondary N) is 1. The number of aromatic nitrogens is 3. The Morgan fingerprint density at radius 2 is 2.10 bits per heavy atom. The summed E-state index contributed by atoms with van der Waals surface area (Å²) in [6, 6.07) is 7.47. The summed E-state index contributed by atoms with van der Waals surface area (Å²) in [5, 5.41) is 12.5. The third-order valence-electron chi connectivity index (χ3n) is 2.62. The second kappa shape index (κ2) is 6.46. The van der Waals surface area contributed by atoms with E-state index in [0.29, 0.717) is 16.7 Å². The Morgan fingerprint density at radius 3 is 2.81 bits per heavy atom. The van der Waals surface area contributed by atoms with Gasteiger partial charge in [-0.25, -0.2) is 4.98 Å². The predicted octanol–water partition coefficient (Wildman–Crippen LogP) is 4.18. The van der Waals surface area contributed by atoms with Crippen molar-refractivity contribution in [3.8, 4) is 11.3 Å². The molecule has 0 aliphatic carbocycles. The van der Waals surface area contributed by atoms with Gasteiger partial charge in [-0.2, -0.15) is 0 Å². The summed E-state index contributed by atoms with van der Waals surface area (Å²) in [7, 11) is 1.82. The fourth-order valence-electron chi connectivity index (χ4n) is 1.62. The standard InChI is InChI=1S/C13H11ClN4OS2/c1-15-12-17-18-13(21-12)20-7-11-16-6-10(19-11)8-2-4-9(14)5-3-8/h2-6H,7H2,1H3,(H,15,17). The lowest BCUT2D eigenvalue weighted by Gasteiger charge is -1.96. The van der Waals surface area contributed by atoms with E-state index in [1.165, 1.54) is 11.3 Å². The highest BCUT2D eigenvalue weighted by Crippen LogP contribution is 2.29. The zero-order chi connectivity index (χ0) is 14.7. The summed E-state index contributed by atoms with van der Waals surface area (Å²) in [5.41, 5.74) is 0.955. The number of benzene rings is 1. The minimum atomic E-state index is 0.617. The molecule has 3 rings (SSSR count). The number of hydrogen-bond acceptors (Lipinski definition) is 7. The molecule has 108 valence electrons. The van der Waals surface area contributed by atoms with Crippen LogP contribution in [0.4, 0.5) is 5.13 Å². The number of thioether (sulfide) groups is 1. The molecule has 0 aliphatic heterocycles. The van der Waals surface area contributed by atoms with Gasteiger partial charge in [0.15, 0.2) is 10.1 Å². The largest absolute Gasteiger partial charge is 0.440 e. The third-order valence-corrected chi connectivity index (χ3v) is 4.93. The first-order valence-electron chi connectivity index (χ1n) is 6.09. The van der Waals surface area contributed by atoms with Crippen LogP contribution in [0, 0.1) is 0 Å². The fraction of sp³-hybridized carbons (Fsp3) is 0.154. The summed E-state index contributed by atoms with van der Waals surface area (Å²) in [6.07, 6.45) is 1.72. The van der Waals surface area contributed by atoms with E-state index in [1.54, 1.807) is 18.0 Å². The van der Waals surface area contributed by atoms with Gasteiger partial charge < -0.3 is 9.73 Å². The number of hydrogen-bond donors (Lipinski definition) is 1. The van der Waals surface area contributed by atoms with Crippen LogP contribution in [0.1, 0.15) is 5.89 Å². The first kappa shape index (κ1) is 14.4. The van der Waals surface area contributed by atoms with Gasteiger partial charge in [0.25, 0.3) is 0 Å². The van der Waals surface area contributed by atoms with Crippen LogP contribution in [-0.2, 0) is 5.75 Å². The lowest BCUT2D eigenvalue weighted by molar-refractivity contribution is 0.530. The maximum atomic E-state index is 5.87. The van der Waals surface area contributed by atoms with Crippen molar-refractivity contribution in [3.63, 3.8) is 0 Å². The molecule has 2 heterocycles. The number of nitrogens with zero attached hydrogens (tertiary/aromatic N) is 3. The van der Waals surface area contributed by atoms with E-state index < -0.39 is 0 Å². The van der Waals surface area contributed by atoms with Crippen molar-refractivity contribution in [3.05, 3.63) is 41.4 Å². The molecular weight excluding hydrogens is 328 g/mol. The highest BCUT2D eigenvalue weighted by atomic mass is 35.5. The normalized spacial score (nSPS) is 10.8. The van der Waals surface area contributed by atoms with Crippen molar-refractivity contribution >= 4 is 39.8 Å². The molecule has 1 N–H and O–H groups in total. The monoisotopic (exact) mass is 338 g/mol. The van der Waals surface area contributed by atoms with Crippen molar-refractivity contribution in [1.82, 2.24) is 15.2 Å². The van der Waals surface area contributed by atoms with Gasteiger partial charge >= 0.3 is 0 Å². The number of halogens is 1. The Kier molecular flexibility index (Phi) is 4.42. The Morgan fingerprint density at radius 1 is 1.29 bits per heavy atom. The van der Waals surface area contributed by atoms with Crippen LogP contribution in [0.15, 0.2) is 39.2 Å². The Hall–Kier alpha value is -1.57. The summed E-state index contributed by atoms with van der Waals surface area (Å²) >= 11 is 8.92. The number of oxazole rings is 1. The molecule has 3 aromatic rings. The topological polar surface area (TPSA) is 63.8 Å². The number of rotatable bonds is 5. The van der Waals surface area contributed by atoms with Crippen LogP contribution >= 0.6 is 34.7 Å². The van der Waals surface area contributed by atoms with Crippen molar-refractivity contribution < 1.29 is 4.42 Å². The third kappa shape index (κ3) is 3.55. The van der Waals surface area contributed by atoms with Crippen LogP contribution in [-0.4, -0.2) is 22.2 Å². The molecule has 1 aromatic carbocycles. The molecule has 0 saturated heterocycles. The zero-order valence-electron chi connectivity index (χ0n) is 11.0. The van der Waals surface area contributed by atoms with Gasteiger partial charge in [-0.3, -0.25) is 0 Å². The molecule has 0 unspecified atom stereocenters. The molecular formula is C13H11ClN4OS2. The SMILES string of the molecule is CNc1nnc(SCc2ncc(-c3ccc(Cl)cc3)o2)s1. The zero-order valence-corrected chi connectivity index (χ0v) is 13.4. The van der Waals surface area contributed by atoms with Crippen molar-refractivity contribution in [1.29, 1.82) is 0 Å². The first-order valence-corrected chi connectivity index (χ1v) is 8.27. The van der Waals surface area contributed by atoms with Gasteiger partial charge in [-0.15, -0.1) is 10.2 Å². The predicted molar refractivity (Wildman–Crippen MR) is 86.0 cm³/mol. The van der Waals surface area contributed by atoms with E-state index in [-0.39, 0.29) is 0 Å². The van der Waals surface area contributed by atoms with Gasteiger partial charge in [0.2, 0.25) is 11.0 Å². The van der Waals surface area contributed by atoms with Gasteiger partial charge in [0, 0.05) is 17.6 Å². The van der Waals surface area contributed by atoms with Crippen LogP contribution in [0.3, 0.4) is 0 Å². The molecule has 2 aromatic heterocycles. The molecule has 8 heteroatoms. The summed E-state index contributed by atoms with van der Waals surface area (Å²) in [4.78, 5) is 4.28. The van der Waals surface area contributed by atoms with E-state index >= 15 is 0 Å². The van der Waals surface area contributed by atoms with Gasteiger partial charge in [-0.1, -0.05) is 34.7 Å². The molecule has 0 radical (unpaired) electrons. The number of anilines is 1. The maximum Gasteiger partial charge on any atom is 0.206 e. The van der Waals surface area contributed by atoms with Crippen LogP contribution in [0.5, 0.6) is 0 Å². The molecule has 5 nitrogen and oxygen atoms in total. The van der Waals surface area contributed by atoms with Crippen molar-refractivity contribution in [2.75, 3.05) is 12.4 Å². The van der Waals surface area contributed by atoms with Crippen molar-refractivity contribution in [2.24, 2.45) is 0 Å². The molecule has 0 fully saturated rings.